The van der Waals surface area contributed by atoms with Crippen LogP contribution in [0.5, 0.6) is 5.75 Å². The molecular formula is C26H38FNO. The lowest BCUT2D eigenvalue weighted by molar-refractivity contribution is 0.301. The highest BCUT2D eigenvalue weighted by Crippen LogP contribution is 2.30. The van der Waals surface area contributed by atoms with Crippen LogP contribution in [-0.2, 0) is 6.42 Å². The zero-order chi connectivity index (χ0) is 20.7. The molecule has 1 aromatic heterocycles. The molecule has 0 N–H and O–H groups in total. The number of hydrogen-bond donors (Lipinski definition) is 0. The van der Waals surface area contributed by atoms with E-state index in [2.05, 4.69) is 18.0 Å². The van der Waals surface area contributed by atoms with Crippen molar-refractivity contribution in [2.45, 2.75) is 90.4 Å². The molecule has 0 bridgehead atoms. The molecule has 0 aliphatic heterocycles. The second kappa shape index (κ2) is 14.1. The van der Waals surface area contributed by atoms with E-state index < -0.39 is 0 Å². The molecule has 2 aromatic rings. The Morgan fingerprint density at radius 1 is 0.897 bits per heavy atom. The van der Waals surface area contributed by atoms with E-state index in [-0.39, 0.29) is 5.82 Å². The molecule has 2 rings (SSSR count). The van der Waals surface area contributed by atoms with Gasteiger partial charge in [0.25, 0.3) is 0 Å². The SMILES string of the molecule is CCCCCCCCCCC(Cc1ccccn1)c1ccc(OCCC)c(F)c1. The van der Waals surface area contributed by atoms with Gasteiger partial charge in [-0.25, -0.2) is 4.39 Å². The quantitative estimate of drug-likeness (QED) is 0.284. The van der Waals surface area contributed by atoms with E-state index in [1.807, 2.05) is 31.3 Å². The molecule has 2 nitrogen and oxygen atoms in total. The van der Waals surface area contributed by atoms with Gasteiger partial charge in [-0.15, -0.1) is 0 Å². The first-order chi connectivity index (χ1) is 14.2. The van der Waals surface area contributed by atoms with Crippen molar-refractivity contribution in [3.8, 4) is 5.75 Å². The van der Waals surface area contributed by atoms with Crippen molar-refractivity contribution in [3.05, 3.63) is 59.7 Å². The average molecular weight is 400 g/mol. The summed E-state index contributed by atoms with van der Waals surface area (Å²) in [6.45, 7) is 4.83. The first-order valence-corrected chi connectivity index (χ1v) is 11.6. The second-order valence-electron chi connectivity index (χ2n) is 8.02. The standard InChI is InChI=1S/C26H38FNO/c1-3-5-6-7-8-9-10-11-14-22(20-24-15-12-13-18-28-24)23-16-17-26(25(27)21-23)29-19-4-2/h12-13,15-18,21-22H,3-11,14,19-20H2,1-2H3. The topological polar surface area (TPSA) is 22.1 Å². The third-order valence-electron chi connectivity index (χ3n) is 5.48. The van der Waals surface area contributed by atoms with Crippen LogP contribution in [0.25, 0.3) is 0 Å². The third-order valence-corrected chi connectivity index (χ3v) is 5.48. The molecule has 0 saturated heterocycles. The minimum Gasteiger partial charge on any atom is -0.491 e. The first-order valence-electron chi connectivity index (χ1n) is 11.6. The number of pyridine rings is 1. The number of aromatic nitrogens is 1. The number of nitrogens with zero attached hydrogens (tertiary/aromatic N) is 1. The van der Waals surface area contributed by atoms with Gasteiger partial charge in [0.05, 0.1) is 6.61 Å². The summed E-state index contributed by atoms with van der Waals surface area (Å²) in [5.74, 6) is 0.400. The molecule has 0 spiro atoms. The minimum atomic E-state index is -0.252. The lowest BCUT2D eigenvalue weighted by atomic mass is 9.88. The fourth-order valence-electron chi connectivity index (χ4n) is 3.78. The smallest absolute Gasteiger partial charge is 0.165 e. The van der Waals surface area contributed by atoms with Crippen LogP contribution in [0.1, 0.15) is 95.2 Å². The maximum absolute atomic E-state index is 14.5. The molecule has 1 heterocycles. The Hall–Kier alpha value is -1.90. The molecule has 0 fully saturated rings. The minimum absolute atomic E-state index is 0.252. The summed E-state index contributed by atoms with van der Waals surface area (Å²) in [6.07, 6.45) is 15.1. The Kier molecular flexibility index (Phi) is 11.4. The van der Waals surface area contributed by atoms with Gasteiger partial charge in [-0.05, 0) is 55.0 Å². The van der Waals surface area contributed by atoms with Gasteiger partial charge in [-0.1, -0.05) is 77.3 Å². The molecule has 1 unspecified atom stereocenters. The Labute approximate surface area is 176 Å². The van der Waals surface area contributed by atoms with Crippen molar-refractivity contribution in [1.29, 1.82) is 0 Å². The number of benzene rings is 1. The summed E-state index contributed by atoms with van der Waals surface area (Å²) in [5, 5.41) is 0. The van der Waals surface area contributed by atoms with Crippen molar-refractivity contribution in [3.63, 3.8) is 0 Å². The van der Waals surface area contributed by atoms with Gasteiger partial charge >= 0.3 is 0 Å². The average Bonchev–Trinajstić information content (AvgIpc) is 2.74. The Bertz CT molecular complexity index is 674. The zero-order valence-corrected chi connectivity index (χ0v) is 18.3. The van der Waals surface area contributed by atoms with Gasteiger partial charge in [0, 0.05) is 11.9 Å². The Morgan fingerprint density at radius 2 is 1.66 bits per heavy atom. The van der Waals surface area contributed by atoms with Crippen LogP contribution < -0.4 is 4.74 Å². The molecule has 0 amide bonds. The van der Waals surface area contributed by atoms with Crippen molar-refractivity contribution in [2.75, 3.05) is 6.61 Å². The highest BCUT2D eigenvalue weighted by molar-refractivity contribution is 5.32. The van der Waals surface area contributed by atoms with Gasteiger partial charge in [0.15, 0.2) is 11.6 Å². The lowest BCUT2D eigenvalue weighted by Gasteiger charge is -2.18. The third kappa shape index (κ3) is 8.97. The fraction of sp³-hybridized carbons (Fsp3) is 0.577. The van der Waals surface area contributed by atoms with Crippen LogP contribution in [0.3, 0.4) is 0 Å². The highest BCUT2D eigenvalue weighted by atomic mass is 19.1. The Morgan fingerprint density at radius 3 is 2.31 bits per heavy atom. The van der Waals surface area contributed by atoms with E-state index in [1.165, 1.54) is 51.4 Å². The predicted molar refractivity (Wildman–Crippen MR) is 120 cm³/mol. The molecule has 0 aliphatic carbocycles. The molecule has 3 heteroatoms. The maximum atomic E-state index is 14.5. The van der Waals surface area contributed by atoms with Gasteiger partial charge in [-0.3, -0.25) is 4.98 Å². The number of rotatable bonds is 15. The zero-order valence-electron chi connectivity index (χ0n) is 18.3. The van der Waals surface area contributed by atoms with E-state index in [0.717, 1.165) is 30.5 Å². The molecule has 29 heavy (non-hydrogen) atoms. The van der Waals surface area contributed by atoms with E-state index in [1.54, 1.807) is 12.1 Å². The molecule has 1 atom stereocenters. The fourth-order valence-corrected chi connectivity index (χ4v) is 3.78. The summed E-state index contributed by atoms with van der Waals surface area (Å²) >= 11 is 0. The monoisotopic (exact) mass is 399 g/mol. The van der Waals surface area contributed by atoms with Crippen molar-refractivity contribution in [1.82, 2.24) is 4.98 Å². The number of halogens is 1. The predicted octanol–water partition coefficient (Wildman–Crippen LogP) is 7.87. The van der Waals surface area contributed by atoms with Crippen molar-refractivity contribution < 1.29 is 9.13 Å². The van der Waals surface area contributed by atoms with Gasteiger partial charge < -0.3 is 4.74 Å². The molecule has 160 valence electrons. The number of unbranched alkanes of at least 4 members (excludes halogenated alkanes) is 7. The van der Waals surface area contributed by atoms with Crippen molar-refractivity contribution in [2.24, 2.45) is 0 Å². The van der Waals surface area contributed by atoms with Gasteiger partial charge in [0.1, 0.15) is 0 Å². The number of ether oxygens (including phenoxy) is 1. The molecule has 0 aliphatic rings. The second-order valence-corrected chi connectivity index (χ2v) is 8.02. The van der Waals surface area contributed by atoms with E-state index in [9.17, 15) is 4.39 Å². The molecular weight excluding hydrogens is 361 g/mol. The van der Waals surface area contributed by atoms with Crippen LogP contribution in [0.15, 0.2) is 42.6 Å². The van der Waals surface area contributed by atoms with E-state index in [0.29, 0.717) is 18.3 Å². The van der Waals surface area contributed by atoms with Crippen LogP contribution >= 0.6 is 0 Å². The summed E-state index contributed by atoms with van der Waals surface area (Å²) in [4.78, 5) is 4.49. The summed E-state index contributed by atoms with van der Waals surface area (Å²) in [5.41, 5.74) is 2.13. The van der Waals surface area contributed by atoms with Gasteiger partial charge in [0.2, 0.25) is 0 Å². The number of hydrogen-bond acceptors (Lipinski definition) is 2. The summed E-state index contributed by atoms with van der Waals surface area (Å²) in [7, 11) is 0. The van der Waals surface area contributed by atoms with E-state index >= 15 is 0 Å². The summed E-state index contributed by atoms with van der Waals surface area (Å²) in [6, 6.07) is 11.5. The van der Waals surface area contributed by atoms with Crippen molar-refractivity contribution >= 4 is 0 Å². The molecule has 1 aromatic carbocycles. The van der Waals surface area contributed by atoms with E-state index in [4.69, 9.17) is 4.74 Å². The first kappa shape index (κ1) is 23.4. The van der Waals surface area contributed by atoms with Crippen LogP contribution in [0, 0.1) is 5.82 Å². The maximum Gasteiger partial charge on any atom is 0.165 e. The van der Waals surface area contributed by atoms with Gasteiger partial charge in [-0.2, -0.15) is 0 Å². The van der Waals surface area contributed by atoms with Crippen LogP contribution in [-0.4, -0.2) is 11.6 Å². The Balaban J connectivity index is 1.93. The lowest BCUT2D eigenvalue weighted by Crippen LogP contribution is -2.06. The highest BCUT2D eigenvalue weighted by Gasteiger charge is 2.16. The van der Waals surface area contributed by atoms with Crippen LogP contribution in [0.4, 0.5) is 4.39 Å². The molecule has 0 saturated carbocycles. The summed E-state index contributed by atoms with van der Waals surface area (Å²) < 4.78 is 20.0. The normalized spacial score (nSPS) is 12.1. The largest absolute Gasteiger partial charge is 0.491 e. The molecule has 0 radical (unpaired) electrons. The van der Waals surface area contributed by atoms with Crippen LogP contribution in [0.2, 0.25) is 0 Å².